The summed E-state index contributed by atoms with van der Waals surface area (Å²) >= 11 is 0. The number of furan rings is 1. The van der Waals surface area contributed by atoms with Gasteiger partial charge in [0.15, 0.2) is 0 Å². The first kappa shape index (κ1) is 40.5. The highest BCUT2D eigenvalue weighted by Gasteiger charge is 2.19. The van der Waals surface area contributed by atoms with Gasteiger partial charge in [0.1, 0.15) is 11.2 Å². The van der Waals surface area contributed by atoms with Crippen molar-refractivity contribution < 1.29 is 4.42 Å². The van der Waals surface area contributed by atoms with Gasteiger partial charge in [-0.05, 0) is 121 Å². The van der Waals surface area contributed by atoms with Crippen molar-refractivity contribution in [1.29, 1.82) is 0 Å². The van der Waals surface area contributed by atoms with Gasteiger partial charge in [0.25, 0.3) is 0 Å². The molecule has 0 saturated heterocycles. The van der Waals surface area contributed by atoms with Gasteiger partial charge in [-0.15, -0.1) is 0 Å². The Balaban J connectivity index is 0.889. The fourth-order valence-electron chi connectivity index (χ4n) is 9.60. The average Bonchev–Trinajstić information content (AvgIpc) is 3.81. The van der Waals surface area contributed by atoms with Crippen LogP contribution in [0, 0.1) is 0 Å². The second-order valence-electron chi connectivity index (χ2n) is 17.3. The molecular weight excluding hydrogens is 823 g/mol. The Hall–Kier alpha value is -8.98. The van der Waals surface area contributed by atoms with E-state index < -0.39 is 0 Å². The molecule has 1 aromatic heterocycles. The van der Waals surface area contributed by atoms with Gasteiger partial charge in [0.2, 0.25) is 0 Å². The lowest BCUT2D eigenvalue weighted by atomic mass is 9.94. The molecule has 0 spiro atoms. The van der Waals surface area contributed by atoms with E-state index in [1.165, 1.54) is 44.5 Å². The average molecular weight is 868 g/mol. The van der Waals surface area contributed by atoms with Crippen molar-refractivity contribution in [1.82, 2.24) is 0 Å². The van der Waals surface area contributed by atoms with E-state index in [9.17, 15) is 0 Å². The molecule has 0 aliphatic heterocycles. The summed E-state index contributed by atoms with van der Waals surface area (Å²) in [5.41, 5.74) is 21.2. The van der Waals surface area contributed by atoms with Gasteiger partial charge >= 0.3 is 0 Å². The summed E-state index contributed by atoms with van der Waals surface area (Å²) in [6, 6.07) is 97.7. The van der Waals surface area contributed by atoms with E-state index in [2.05, 4.69) is 278 Å². The molecule has 12 aromatic rings. The van der Waals surface area contributed by atoms with Crippen molar-refractivity contribution in [3.8, 4) is 77.9 Å². The summed E-state index contributed by atoms with van der Waals surface area (Å²) < 4.78 is 6.97. The van der Waals surface area contributed by atoms with E-state index in [-0.39, 0.29) is 0 Å². The van der Waals surface area contributed by atoms with E-state index in [1.54, 1.807) is 0 Å². The largest absolute Gasteiger partial charge is 0.455 e. The molecule has 320 valence electrons. The highest BCUT2D eigenvalue weighted by molar-refractivity contribution is 6.14. The number of anilines is 3. The minimum atomic E-state index is 0.890. The first-order valence-electron chi connectivity index (χ1n) is 23.2. The maximum atomic E-state index is 6.97. The zero-order valence-electron chi connectivity index (χ0n) is 37.3. The number of nitrogens with zero attached hydrogens (tertiary/aromatic N) is 1. The fraction of sp³-hybridized carbons (Fsp3) is 0. The second kappa shape index (κ2) is 17.8. The van der Waals surface area contributed by atoms with Crippen LogP contribution < -0.4 is 4.90 Å². The standard InChI is InChI=1S/C66H45NO/c1-5-15-46(16-6-1)49-27-29-50(30-28-49)52-33-39-59(40-34-52)67(58-37-31-51(32-38-58)47-17-7-2-8-18-47)60-41-35-53(36-42-60)55-23-13-24-56(43-55)61-25-14-26-62-64-45-57(48-19-9-3-10-20-48)44-63(66(64)68-65(61)62)54-21-11-4-12-22-54/h1-45H. The maximum Gasteiger partial charge on any atom is 0.143 e. The molecule has 0 aliphatic carbocycles. The first-order chi connectivity index (χ1) is 33.7. The molecule has 0 atom stereocenters. The summed E-state index contributed by atoms with van der Waals surface area (Å²) in [5, 5.41) is 2.22. The minimum Gasteiger partial charge on any atom is -0.455 e. The van der Waals surface area contributed by atoms with Crippen LogP contribution in [0.3, 0.4) is 0 Å². The van der Waals surface area contributed by atoms with Gasteiger partial charge in [0, 0.05) is 39.0 Å². The Morgan fingerprint density at radius 2 is 0.559 bits per heavy atom. The molecule has 0 saturated carbocycles. The van der Waals surface area contributed by atoms with Gasteiger partial charge in [-0.3, -0.25) is 0 Å². The number of rotatable bonds is 10. The smallest absolute Gasteiger partial charge is 0.143 e. The Morgan fingerprint density at radius 1 is 0.206 bits per heavy atom. The van der Waals surface area contributed by atoms with Crippen LogP contribution in [0.5, 0.6) is 0 Å². The molecule has 68 heavy (non-hydrogen) atoms. The maximum absolute atomic E-state index is 6.97. The topological polar surface area (TPSA) is 16.4 Å². The molecule has 0 N–H and O–H groups in total. The zero-order chi connectivity index (χ0) is 45.2. The van der Waals surface area contributed by atoms with E-state index in [4.69, 9.17) is 4.42 Å². The van der Waals surface area contributed by atoms with Crippen molar-refractivity contribution >= 4 is 39.0 Å². The van der Waals surface area contributed by atoms with Gasteiger partial charge in [-0.25, -0.2) is 0 Å². The van der Waals surface area contributed by atoms with Crippen LogP contribution in [0.4, 0.5) is 17.1 Å². The highest BCUT2D eigenvalue weighted by Crippen LogP contribution is 2.44. The van der Waals surface area contributed by atoms with E-state index >= 15 is 0 Å². The molecule has 0 radical (unpaired) electrons. The summed E-state index contributed by atoms with van der Waals surface area (Å²) in [6.07, 6.45) is 0. The molecule has 0 aliphatic rings. The lowest BCUT2D eigenvalue weighted by molar-refractivity contribution is 0.671. The quantitative estimate of drug-likeness (QED) is 0.136. The van der Waals surface area contributed by atoms with Crippen LogP contribution >= 0.6 is 0 Å². The molecule has 2 heteroatoms. The third-order valence-corrected chi connectivity index (χ3v) is 13.1. The zero-order valence-corrected chi connectivity index (χ0v) is 37.3. The first-order valence-corrected chi connectivity index (χ1v) is 23.2. The number of hydrogen-bond donors (Lipinski definition) is 0. The summed E-state index contributed by atoms with van der Waals surface area (Å²) in [6.45, 7) is 0. The van der Waals surface area contributed by atoms with Gasteiger partial charge in [-0.1, -0.05) is 218 Å². The van der Waals surface area contributed by atoms with Crippen LogP contribution in [0.2, 0.25) is 0 Å². The molecule has 11 aromatic carbocycles. The van der Waals surface area contributed by atoms with Crippen molar-refractivity contribution in [2.24, 2.45) is 0 Å². The third-order valence-electron chi connectivity index (χ3n) is 13.1. The lowest BCUT2D eigenvalue weighted by Crippen LogP contribution is -2.09. The monoisotopic (exact) mass is 867 g/mol. The molecule has 2 nitrogen and oxygen atoms in total. The van der Waals surface area contributed by atoms with E-state index in [1.807, 2.05) is 0 Å². The summed E-state index contributed by atoms with van der Waals surface area (Å²) in [4.78, 5) is 2.34. The number of para-hydroxylation sites is 1. The van der Waals surface area contributed by atoms with Gasteiger partial charge in [-0.2, -0.15) is 0 Å². The SMILES string of the molecule is c1ccc(-c2ccc(-c3ccc(N(c4ccc(-c5ccccc5)cc4)c4ccc(-c5cccc(-c6cccc7c6oc6c(-c8ccccc8)cc(-c8ccccc8)cc67)c5)cc4)cc3)cc2)cc1. The van der Waals surface area contributed by atoms with Crippen LogP contribution in [0.1, 0.15) is 0 Å². The van der Waals surface area contributed by atoms with Gasteiger partial charge < -0.3 is 9.32 Å². The van der Waals surface area contributed by atoms with Crippen molar-refractivity contribution in [3.05, 3.63) is 273 Å². The Labute approximate surface area is 397 Å². The molecule has 0 fully saturated rings. The molecular formula is C66H45NO. The number of benzene rings is 11. The van der Waals surface area contributed by atoms with Crippen LogP contribution in [0.15, 0.2) is 277 Å². The lowest BCUT2D eigenvalue weighted by Gasteiger charge is -2.26. The molecule has 1 heterocycles. The summed E-state index contributed by atoms with van der Waals surface area (Å²) in [5.74, 6) is 0. The van der Waals surface area contributed by atoms with E-state index in [0.29, 0.717) is 0 Å². The molecule has 0 bridgehead atoms. The summed E-state index contributed by atoms with van der Waals surface area (Å²) in [7, 11) is 0. The Kier molecular flexibility index (Phi) is 10.6. The Morgan fingerprint density at radius 3 is 1.04 bits per heavy atom. The van der Waals surface area contributed by atoms with Crippen LogP contribution in [0.25, 0.3) is 99.8 Å². The highest BCUT2D eigenvalue weighted by atomic mass is 16.3. The second-order valence-corrected chi connectivity index (χ2v) is 17.3. The predicted octanol–water partition coefficient (Wildman–Crippen LogP) is 18.7. The fourth-order valence-corrected chi connectivity index (χ4v) is 9.60. The minimum absolute atomic E-state index is 0.890. The van der Waals surface area contributed by atoms with Gasteiger partial charge in [0.05, 0.1) is 0 Å². The molecule has 0 amide bonds. The van der Waals surface area contributed by atoms with Crippen molar-refractivity contribution in [2.45, 2.75) is 0 Å². The van der Waals surface area contributed by atoms with Crippen LogP contribution in [-0.2, 0) is 0 Å². The number of fused-ring (bicyclic) bond motifs is 3. The number of hydrogen-bond acceptors (Lipinski definition) is 2. The van der Waals surface area contributed by atoms with Crippen LogP contribution in [-0.4, -0.2) is 0 Å². The molecule has 12 rings (SSSR count). The normalized spacial score (nSPS) is 11.2. The third kappa shape index (κ3) is 7.85. The van der Waals surface area contributed by atoms with Crippen molar-refractivity contribution in [3.63, 3.8) is 0 Å². The Bertz CT molecular complexity index is 3660. The predicted molar refractivity (Wildman–Crippen MR) is 286 cm³/mol. The van der Waals surface area contributed by atoms with Crippen molar-refractivity contribution in [2.75, 3.05) is 4.90 Å². The van der Waals surface area contributed by atoms with E-state index in [0.717, 1.165) is 72.4 Å². The molecule has 0 unspecified atom stereocenters.